The first-order valence-electron chi connectivity index (χ1n) is 4.60. The van der Waals surface area contributed by atoms with Crippen molar-refractivity contribution in [3.05, 3.63) is 17.3 Å². The van der Waals surface area contributed by atoms with Gasteiger partial charge >= 0.3 is 0 Å². The summed E-state index contributed by atoms with van der Waals surface area (Å²) < 4.78 is 18.2. The number of nitrogens with zero attached hydrogens (tertiary/aromatic N) is 2. The normalized spacial score (nSPS) is 12.5. The number of anilines is 1. The Morgan fingerprint density at radius 1 is 1.67 bits per heavy atom. The standard InChI is InChI=1S/C9H13ClFN3O/c1-3-6(5-15-2)13-8-7(11)4-12-9(10)14-8/h4,6H,3,5H2,1-2H3,(H,12,13,14). The summed E-state index contributed by atoms with van der Waals surface area (Å²) in [5.41, 5.74) is 0. The fourth-order valence-electron chi connectivity index (χ4n) is 1.10. The Labute approximate surface area is 92.8 Å². The lowest BCUT2D eigenvalue weighted by Crippen LogP contribution is -2.25. The van der Waals surface area contributed by atoms with Crippen LogP contribution in [0.15, 0.2) is 6.20 Å². The molecule has 1 atom stereocenters. The predicted molar refractivity (Wildman–Crippen MR) is 56.6 cm³/mol. The van der Waals surface area contributed by atoms with Crippen LogP contribution in [-0.4, -0.2) is 29.7 Å². The van der Waals surface area contributed by atoms with Crippen molar-refractivity contribution in [2.75, 3.05) is 19.0 Å². The van der Waals surface area contributed by atoms with E-state index in [9.17, 15) is 4.39 Å². The lowest BCUT2D eigenvalue weighted by Gasteiger charge is -2.16. The topological polar surface area (TPSA) is 47.0 Å². The van der Waals surface area contributed by atoms with Crippen molar-refractivity contribution < 1.29 is 9.13 Å². The predicted octanol–water partition coefficient (Wildman–Crippen LogP) is 2.11. The summed E-state index contributed by atoms with van der Waals surface area (Å²) in [4.78, 5) is 7.28. The van der Waals surface area contributed by atoms with E-state index in [1.165, 1.54) is 0 Å². The fraction of sp³-hybridized carbons (Fsp3) is 0.556. The van der Waals surface area contributed by atoms with E-state index in [-0.39, 0.29) is 17.1 Å². The van der Waals surface area contributed by atoms with Crippen LogP contribution < -0.4 is 5.32 Å². The molecule has 0 aromatic carbocycles. The van der Waals surface area contributed by atoms with Crippen LogP contribution in [0.5, 0.6) is 0 Å². The third-order valence-corrected chi connectivity index (χ3v) is 2.10. The number of rotatable bonds is 5. The quantitative estimate of drug-likeness (QED) is 0.792. The highest BCUT2D eigenvalue weighted by Crippen LogP contribution is 2.13. The molecule has 0 saturated heterocycles. The summed E-state index contributed by atoms with van der Waals surface area (Å²) in [6.07, 6.45) is 1.84. The van der Waals surface area contributed by atoms with Gasteiger partial charge in [-0.25, -0.2) is 9.37 Å². The van der Waals surface area contributed by atoms with Crippen molar-refractivity contribution in [2.45, 2.75) is 19.4 Å². The molecular weight excluding hydrogens is 221 g/mol. The van der Waals surface area contributed by atoms with Crippen molar-refractivity contribution in [1.82, 2.24) is 9.97 Å². The number of nitrogens with one attached hydrogen (secondary N) is 1. The van der Waals surface area contributed by atoms with E-state index in [4.69, 9.17) is 16.3 Å². The largest absolute Gasteiger partial charge is 0.383 e. The minimum absolute atomic E-state index is 0.00969. The Kier molecular flexibility index (Phi) is 4.71. The maximum atomic E-state index is 13.2. The van der Waals surface area contributed by atoms with Gasteiger partial charge in [-0.2, -0.15) is 4.98 Å². The van der Waals surface area contributed by atoms with Gasteiger partial charge in [-0.1, -0.05) is 6.92 Å². The first-order chi connectivity index (χ1) is 7.17. The molecule has 0 fully saturated rings. The van der Waals surface area contributed by atoms with Gasteiger partial charge in [-0.3, -0.25) is 0 Å². The van der Waals surface area contributed by atoms with E-state index < -0.39 is 5.82 Å². The molecule has 1 rings (SSSR count). The number of aromatic nitrogens is 2. The molecule has 1 aromatic heterocycles. The Balaban J connectivity index is 2.73. The minimum atomic E-state index is -0.519. The van der Waals surface area contributed by atoms with Crippen LogP contribution in [-0.2, 0) is 4.74 Å². The molecule has 0 aliphatic carbocycles. The molecule has 84 valence electrons. The Bertz CT molecular complexity index is 324. The highest BCUT2D eigenvalue weighted by Gasteiger charge is 2.11. The molecule has 6 heteroatoms. The smallest absolute Gasteiger partial charge is 0.224 e. The second-order valence-corrected chi connectivity index (χ2v) is 3.38. The fourth-order valence-corrected chi connectivity index (χ4v) is 1.24. The third kappa shape index (κ3) is 3.60. The van der Waals surface area contributed by atoms with Gasteiger partial charge in [-0.05, 0) is 18.0 Å². The summed E-state index contributed by atoms with van der Waals surface area (Å²) in [7, 11) is 1.59. The molecule has 15 heavy (non-hydrogen) atoms. The van der Waals surface area contributed by atoms with Crippen molar-refractivity contribution in [2.24, 2.45) is 0 Å². The van der Waals surface area contributed by atoms with E-state index in [1.54, 1.807) is 7.11 Å². The molecule has 0 aliphatic rings. The molecule has 0 aliphatic heterocycles. The third-order valence-electron chi connectivity index (χ3n) is 1.92. The molecule has 0 spiro atoms. The zero-order valence-corrected chi connectivity index (χ0v) is 9.38. The van der Waals surface area contributed by atoms with E-state index in [1.807, 2.05) is 6.92 Å². The van der Waals surface area contributed by atoms with Crippen LogP contribution in [0.3, 0.4) is 0 Å². The van der Waals surface area contributed by atoms with E-state index >= 15 is 0 Å². The molecule has 1 heterocycles. The second-order valence-electron chi connectivity index (χ2n) is 3.04. The summed E-state index contributed by atoms with van der Waals surface area (Å²) in [5, 5.41) is 2.92. The lowest BCUT2D eigenvalue weighted by atomic mass is 10.2. The second kappa shape index (κ2) is 5.82. The van der Waals surface area contributed by atoms with E-state index in [0.29, 0.717) is 6.61 Å². The van der Waals surface area contributed by atoms with Gasteiger partial charge in [0.05, 0.1) is 18.8 Å². The van der Waals surface area contributed by atoms with Crippen LogP contribution in [0.25, 0.3) is 0 Å². The molecule has 0 saturated carbocycles. The van der Waals surface area contributed by atoms with Crippen molar-refractivity contribution in [3.63, 3.8) is 0 Å². The molecule has 4 nitrogen and oxygen atoms in total. The van der Waals surface area contributed by atoms with Crippen LogP contribution in [0.2, 0.25) is 5.28 Å². The minimum Gasteiger partial charge on any atom is -0.383 e. The Morgan fingerprint density at radius 2 is 2.40 bits per heavy atom. The van der Waals surface area contributed by atoms with Gasteiger partial charge in [0, 0.05) is 7.11 Å². The summed E-state index contributed by atoms with van der Waals surface area (Å²) >= 11 is 5.56. The van der Waals surface area contributed by atoms with Gasteiger partial charge in [0.25, 0.3) is 0 Å². The monoisotopic (exact) mass is 233 g/mol. The number of halogens is 2. The van der Waals surface area contributed by atoms with Crippen molar-refractivity contribution in [3.8, 4) is 0 Å². The summed E-state index contributed by atoms with van der Waals surface area (Å²) in [6, 6.07) is 0.00969. The number of ether oxygens (including phenoxy) is 1. The molecule has 1 unspecified atom stereocenters. The molecule has 0 amide bonds. The SMILES string of the molecule is CCC(COC)Nc1nc(Cl)ncc1F. The highest BCUT2D eigenvalue weighted by atomic mass is 35.5. The summed E-state index contributed by atoms with van der Waals surface area (Å²) in [6.45, 7) is 2.45. The first kappa shape index (κ1) is 12.1. The van der Waals surface area contributed by atoms with Crippen LogP contribution >= 0.6 is 11.6 Å². The Morgan fingerprint density at radius 3 is 3.00 bits per heavy atom. The van der Waals surface area contributed by atoms with E-state index in [2.05, 4.69) is 15.3 Å². The Hall–Kier alpha value is -0.940. The lowest BCUT2D eigenvalue weighted by molar-refractivity contribution is 0.184. The molecular formula is C9H13ClFN3O. The van der Waals surface area contributed by atoms with Crippen molar-refractivity contribution in [1.29, 1.82) is 0 Å². The van der Waals surface area contributed by atoms with Gasteiger partial charge in [0.1, 0.15) is 0 Å². The average Bonchev–Trinajstić information content (AvgIpc) is 2.22. The maximum absolute atomic E-state index is 13.2. The highest BCUT2D eigenvalue weighted by molar-refractivity contribution is 6.28. The average molecular weight is 234 g/mol. The van der Waals surface area contributed by atoms with Gasteiger partial charge in [-0.15, -0.1) is 0 Å². The summed E-state index contributed by atoms with van der Waals surface area (Å²) in [5.74, 6) is -0.409. The van der Waals surface area contributed by atoms with Crippen LogP contribution in [0, 0.1) is 5.82 Å². The number of hydrogen-bond acceptors (Lipinski definition) is 4. The van der Waals surface area contributed by atoms with Crippen LogP contribution in [0.1, 0.15) is 13.3 Å². The maximum Gasteiger partial charge on any atom is 0.224 e. The first-order valence-corrected chi connectivity index (χ1v) is 4.98. The van der Waals surface area contributed by atoms with Gasteiger partial charge in [0.2, 0.25) is 5.28 Å². The van der Waals surface area contributed by atoms with Gasteiger partial charge in [0.15, 0.2) is 11.6 Å². The number of methoxy groups -OCH3 is 1. The van der Waals surface area contributed by atoms with Crippen LogP contribution in [0.4, 0.5) is 10.2 Å². The molecule has 0 radical (unpaired) electrons. The molecule has 1 N–H and O–H groups in total. The zero-order chi connectivity index (χ0) is 11.3. The zero-order valence-electron chi connectivity index (χ0n) is 8.63. The van der Waals surface area contributed by atoms with Crippen molar-refractivity contribution >= 4 is 17.4 Å². The molecule has 1 aromatic rings. The van der Waals surface area contributed by atoms with Gasteiger partial charge < -0.3 is 10.1 Å². The molecule has 0 bridgehead atoms. The van der Waals surface area contributed by atoms with E-state index in [0.717, 1.165) is 12.6 Å². The number of hydrogen-bond donors (Lipinski definition) is 1.